The molecule has 1 N–H and O–H groups in total. The van der Waals surface area contributed by atoms with Gasteiger partial charge in [0.15, 0.2) is 0 Å². The average Bonchev–Trinajstić information content (AvgIpc) is 3.24. The highest BCUT2D eigenvalue weighted by molar-refractivity contribution is 5.93. The maximum atomic E-state index is 12.6. The highest BCUT2D eigenvalue weighted by atomic mass is 16.4. The highest BCUT2D eigenvalue weighted by Crippen LogP contribution is 2.36. The van der Waals surface area contributed by atoms with Crippen LogP contribution in [0.5, 0.6) is 0 Å². The lowest BCUT2D eigenvalue weighted by Crippen LogP contribution is -2.46. The van der Waals surface area contributed by atoms with Crippen LogP contribution >= 0.6 is 0 Å². The number of hydrogen-bond acceptors (Lipinski definition) is 3. The molecule has 6 heteroatoms. The number of nitrogens with zero attached hydrogens (tertiary/aromatic N) is 3. The van der Waals surface area contributed by atoms with Crippen LogP contribution < -0.4 is 0 Å². The zero-order chi connectivity index (χ0) is 15.9. The second kappa shape index (κ2) is 5.41. The molecule has 1 atom stereocenters. The average molecular weight is 305 g/mol. The van der Waals surface area contributed by atoms with Crippen LogP contribution in [0.3, 0.4) is 0 Å². The van der Waals surface area contributed by atoms with Crippen LogP contribution in [0.1, 0.15) is 55.9 Å². The number of piperidine rings is 1. The molecule has 6 nitrogen and oxygen atoms in total. The Hall–Kier alpha value is -1.85. The van der Waals surface area contributed by atoms with Gasteiger partial charge >= 0.3 is 5.97 Å². The summed E-state index contributed by atoms with van der Waals surface area (Å²) in [5, 5.41) is 13.7. The molecule has 1 amide bonds. The third-order valence-electron chi connectivity index (χ3n) is 5.05. The summed E-state index contributed by atoms with van der Waals surface area (Å²) in [6.45, 7) is 4.70. The smallest absolute Gasteiger partial charge is 0.309 e. The van der Waals surface area contributed by atoms with Crippen molar-refractivity contribution in [1.82, 2.24) is 14.7 Å². The van der Waals surface area contributed by atoms with Crippen molar-refractivity contribution in [3.05, 3.63) is 18.0 Å². The summed E-state index contributed by atoms with van der Waals surface area (Å²) in [6, 6.07) is 0.460. The van der Waals surface area contributed by atoms with Crippen molar-refractivity contribution in [2.75, 3.05) is 13.1 Å². The van der Waals surface area contributed by atoms with E-state index in [9.17, 15) is 14.7 Å². The zero-order valence-corrected chi connectivity index (χ0v) is 13.2. The molecule has 120 valence electrons. The number of carbonyl (C=O) groups excluding carboxylic acids is 1. The van der Waals surface area contributed by atoms with Gasteiger partial charge in [-0.15, -0.1) is 0 Å². The van der Waals surface area contributed by atoms with Gasteiger partial charge < -0.3 is 10.0 Å². The number of amides is 1. The molecule has 1 saturated heterocycles. The lowest BCUT2D eigenvalue weighted by molar-refractivity contribution is -0.151. The summed E-state index contributed by atoms with van der Waals surface area (Å²) in [4.78, 5) is 25.8. The van der Waals surface area contributed by atoms with E-state index in [4.69, 9.17) is 0 Å². The third-order valence-corrected chi connectivity index (χ3v) is 5.05. The molecule has 0 aromatic carbocycles. The summed E-state index contributed by atoms with van der Waals surface area (Å²) >= 11 is 0. The Bertz CT molecular complexity index is 589. The van der Waals surface area contributed by atoms with Gasteiger partial charge in [-0.25, -0.2) is 0 Å². The molecule has 0 spiro atoms. The van der Waals surface area contributed by atoms with E-state index in [1.54, 1.807) is 24.9 Å². The van der Waals surface area contributed by atoms with Gasteiger partial charge in [0, 0.05) is 19.3 Å². The first kappa shape index (κ1) is 15.1. The molecular weight excluding hydrogens is 282 g/mol. The molecule has 1 aliphatic carbocycles. The topological polar surface area (TPSA) is 75.4 Å². The van der Waals surface area contributed by atoms with Crippen molar-refractivity contribution in [3.8, 4) is 0 Å². The van der Waals surface area contributed by atoms with Crippen LogP contribution in [-0.2, 0) is 4.79 Å². The van der Waals surface area contributed by atoms with Crippen molar-refractivity contribution in [2.45, 2.75) is 45.6 Å². The quantitative estimate of drug-likeness (QED) is 0.925. The zero-order valence-electron chi connectivity index (χ0n) is 13.2. The van der Waals surface area contributed by atoms with Crippen molar-refractivity contribution < 1.29 is 14.7 Å². The van der Waals surface area contributed by atoms with Crippen molar-refractivity contribution in [1.29, 1.82) is 0 Å². The number of carboxylic acids is 1. The largest absolute Gasteiger partial charge is 0.481 e. The van der Waals surface area contributed by atoms with E-state index in [2.05, 4.69) is 5.10 Å². The fourth-order valence-electron chi connectivity index (χ4n) is 3.10. The minimum atomic E-state index is -0.808. The standard InChI is InChI=1S/C16H23N3O3/c1-16(2,15(21)22)12-4-3-7-18(10-12)14(20)11-8-17-19(9-11)13-5-6-13/h8-9,12-13H,3-7,10H2,1-2H3,(H,21,22). The lowest BCUT2D eigenvalue weighted by atomic mass is 9.74. The first-order valence-corrected chi connectivity index (χ1v) is 7.96. The maximum Gasteiger partial charge on any atom is 0.309 e. The third kappa shape index (κ3) is 2.74. The van der Waals surface area contributed by atoms with Gasteiger partial charge in [-0.1, -0.05) is 0 Å². The molecule has 1 saturated carbocycles. The minimum Gasteiger partial charge on any atom is -0.481 e. The molecular formula is C16H23N3O3. The Morgan fingerprint density at radius 1 is 1.32 bits per heavy atom. The number of hydrogen-bond donors (Lipinski definition) is 1. The Labute approximate surface area is 130 Å². The van der Waals surface area contributed by atoms with Gasteiger partial charge in [0.05, 0.1) is 23.2 Å². The van der Waals surface area contributed by atoms with E-state index < -0.39 is 11.4 Å². The second-order valence-corrected chi connectivity index (χ2v) is 7.06. The first-order valence-electron chi connectivity index (χ1n) is 7.96. The van der Waals surface area contributed by atoms with Gasteiger partial charge in [0.1, 0.15) is 0 Å². The molecule has 1 aliphatic heterocycles. The monoisotopic (exact) mass is 305 g/mol. The number of likely N-dealkylation sites (tertiary alicyclic amines) is 1. The molecule has 2 heterocycles. The summed E-state index contributed by atoms with van der Waals surface area (Å²) in [5.41, 5.74) is -0.197. The molecule has 1 unspecified atom stereocenters. The van der Waals surface area contributed by atoms with Crippen LogP contribution in [0.15, 0.2) is 12.4 Å². The lowest BCUT2D eigenvalue weighted by Gasteiger charge is -2.39. The number of carbonyl (C=O) groups is 2. The molecule has 1 aromatic heterocycles. The van der Waals surface area contributed by atoms with Gasteiger partial charge in [0.2, 0.25) is 0 Å². The van der Waals surface area contributed by atoms with Crippen molar-refractivity contribution in [3.63, 3.8) is 0 Å². The number of aliphatic carboxylic acids is 1. The molecule has 22 heavy (non-hydrogen) atoms. The van der Waals surface area contributed by atoms with Crippen molar-refractivity contribution in [2.24, 2.45) is 11.3 Å². The van der Waals surface area contributed by atoms with Crippen molar-refractivity contribution >= 4 is 11.9 Å². The van der Waals surface area contributed by atoms with E-state index in [1.807, 2.05) is 10.9 Å². The Balaban J connectivity index is 1.70. The van der Waals surface area contributed by atoms with E-state index in [0.29, 0.717) is 24.7 Å². The maximum absolute atomic E-state index is 12.6. The summed E-state index contributed by atoms with van der Waals surface area (Å²) in [5.74, 6) is -0.840. The van der Waals surface area contributed by atoms with Crippen LogP contribution in [0.4, 0.5) is 0 Å². The predicted octanol–water partition coefficient (Wildman–Crippen LogP) is 2.18. The normalized spacial score (nSPS) is 22.6. The van der Waals surface area contributed by atoms with Crippen LogP contribution in [-0.4, -0.2) is 44.8 Å². The Kier molecular flexibility index (Phi) is 3.70. The SMILES string of the molecule is CC(C)(C(=O)O)C1CCCN(C(=O)c2cnn(C3CC3)c2)C1. The Morgan fingerprint density at radius 2 is 2.05 bits per heavy atom. The van der Waals surface area contributed by atoms with E-state index >= 15 is 0 Å². The minimum absolute atomic E-state index is 0.0128. The van der Waals surface area contributed by atoms with E-state index in [-0.39, 0.29) is 11.8 Å². The molecule has 0 bridgehead atoms. The number of carboxylic acid groups (broad SMARTS) is 1. The fourth-order valence-corrected chi connectivity index (χ4v) is 3.10. The summed E-state index contributed by atoms with van der Waals surface area (Å²) in [6.07, 6.45) is 7.43. The van der Waals surface area contributed by atoms with Gasteiger partial charge in [-0.2, -0.15) is 5.10 Å². The predicted molar refractivity (Wildman–Crippen MR) is 80.5 cm³/mol. The van der Waals surface area contributed by atoms with E-state index in [1.165, 1.54) is 0 Å². The van der Waals surface area contributed by atoms with Gasteiger partial charge in [0.25, 0.3) is 5.91 Å². The Morgan fingerprint density at radius 3 is 2.68 bits per heavy atom. The molecule has 2 fully saturated rings. The number of rotatable bonds is 4. The molecule has 3 rings (SSSR count). The second-order valence-electron chi connectivity index (χ2n) is 7.06. The van der Waals surface area contributed by atoms with Crippen LogP contribution in [0.25, 0.3) is 0 Å². The first-order chi connectivity index (χ1) is 10.4. The molecule has 2 aliphatic rings. The fraction of sp³-hybridized carbons (Fsp3) is 0.688. The molecule has 1 aromatic rings. The molecule has 0 radical (unpaired) electrons. The van der Waals surface area contributed by atoms with Crippen LogP contribution in [0, 0.1) is 11.3 Å². The van der Waals surface area contributed by atoms with Crippen LogP contribution in [0.2, 0.25) is 0 Å². The van der Waals surface area contributed by atoms with E-state index in [0.717, 1.165) is 25.7 Å². The van der Waals surface area contributed by atoms with Gasteiger partial charge in [-0.3, -0.25) is 14.3 Å². The van der Waals surface area contributed by atoms with Gasteiger partial charge in [-0.05, 0) is 45.4 Å². The highest BCUT2D eigenvalue weighted by Gasteiger charge is 2.40. The summed E-state index contributed by atoms with van der Waals surface area (Å²) < 4.78 is 1.87. The number of aromatic nitrogens is 2. The summed E-state index contributed by atoms with van der Waals surface area (Å²) in [7, 11) is 0.